The van der Waals surface area contributed by atoms with Gasteiger partial charge >= 0.3 is 0 Å². The van der Waals surface area contributed by atoms with E-state index in [9.17, 15) is 18.0 Å². The van der Waals surface area contributed by atoms with Crippen LogP contribution in [0, 0.1) is 6.92 Å². The van der Waals surface area contributed by atoms with Crippen LogP contribution >= 0.6 is 11.6 Å². The second-order valence-corrected chi connectivity index (χ2v) is 13.2. The van der Waals surface area contributed by atoms with Crippen LogP contribution in [0.25, 0.3) is 0 Å². The van der Waals surface area contributed by atoms with Crippen molar-refractivity contribution in [2.24, 2.45) is 0 Å². The van der Waals surface area contributed by atoms with Gasteiger partial charge in [-0.1, -0.05) is 47.5 Å². The third-order valence-corrected chi connectivity index (χ3v) is 8.65. The molecule has 0 aliphatic rings. The van der Waals surface area contributed by atoms with E-state index in [-0.39, 0.29) is 28.8 Å². The maximum absolute atomic E-state index is 14.1. The number of nitrogens with one attached hydrogen (secondary N) is 1. The highest BCUT2D eigenvalue weighted by atomic mass is 35.5. The highest BCUT2D eigenvalue weighted by molar-refractivity contribution is 7.92. The molecular weight excluding hydrogens is 578 g/mol. The van der Waals surface area contributed by atoms with Gasteiger partial charge in [-0.15, -0.1) is 0 Å². The van der Waals surface area contributed by atoms with Crippen LogP contribution < -0.4 is 19.1 Å². The number of methoxy groups -OCH3 is 2. The van der Waals surface area contributed by atoms with Crippen LogP contribution in [0.3, 0.4) is 0 Å². The fourth-order valence-electron chi connectivity index (χ4n) is 4.21. The Morgan fingerprint density at radius 1 is 0.952 bits per heavy atom. The number of rotatable bonds is 11. The van der Waals surface area contributed by atoms with Crippen molar-refractivity contribution in [3.63, 3.8) is 0 Å². The van der Waals surface area contributed by atoms with Gasteiger partial charge in [-0.2, -0.15) is 0 Å². The standard InChI is InChI=1S/C31H38ClN3O6S/c1-21-12-14-24(15-13-21)35(42(38,39)25-16-17-27(40-6)28(18-25)41-7)20-29(36)34(19-23-10-8-9-11-26(23)32)22(2)30(37)33-31(3,4)5/h8-18,22H,19-20H2,1-7H3,(H,33,37)/t22-/m0/s1. The first kappa shape index (κ1) is 32.8. The van der Waals surface area contributed by atoms with Gasteiger partial charge in [0.1, 0.15) is 12.6 Å². The molecule has 1 atom stereocenters. The predicted octanol–water partition coefficient (Wildman–Crippen LogP) is 5.19. The lowest BCUT2D eigenvalue weighted by molar-refractivity contribution is -0.140. The van der Waals surface area contributed by atoms with E-state index >= 15 is 0 Å². The number of benzene rings is 3. The highest BCUT2D eigenvalue weighted by Crippen LogP contribution is 2.32. The number of nitrogens with zero attached hydrogens (tertiary/aromatic N) is 2. The molecule has 0 spiro atoms. The van der Waals surface area contributed by atoms with Gasteiger partial charge in [0.15, 0.2) is 11.5 Å². The van der Waals surface area contributed by atoms with Crippen LogP contribution in [-0.4, -0.2) is 57.5 Å². The van der Waals surface area contributed by atoms with Crippen molar-refractivity contribution in [3.05, 3.63) is 82.9 Å². The highest BCUT2D eigenvalue weighted by Gasteiger charge is 2.34. The molecule has 1 N–H and O–H groups in total. The summed E-state index contributed by atoms with van der Waals surface area (Å²) < 4.78 is 39.8. The lowest BCUT2D eigenvalue weighted by atomic mass is 10.1. The Morgan fingerprint density at radius 2 is 1.57 bits per heavy atom. The molecule has 3 aromatic rings. The number of hydrogen-bond acceptors (Lipinski definition) is 6. The van der Waals surface area contributed by atoms with Crippen LogP contribution in [-0.2, 0) is 26.2 Å². The van der Waals surface area contributed by atoms with Crippen LogP contribution in [0.1, 0.15) is 38.8 Å². The van der Waals surface area contributed by atoms with Crippen molar-refractivity contribution < 1.29 is 27.5 Å². The number of anilines is 1. The largest absolute Gasteiger partial charge is 0.493 e. The van der Waals surface area contributed by atoms with Crippen molar-refractivity contribution in [2.75, 3.05) is 25.1 Å². The molecule has 0 aliphatic heterocycles. The summed E-state index contributed by atoms with van der Waals surface area (Å²) in [6.07, 6.45) is 0. The van der Waals surface area contributed by atoms with Crippen molar-refractivity contribution in [1.82, 2.24) is 10.2 Å². The average molecular weight is 616 g/mol. The molecule has 0 aliphatic carbocycles. The summed E-state index contributed by atoms with van der Waals surface area (Å²) in [7, 11) is -1.42. The zero-order valence-corrected chi connectivity index (χ0v) is 26.5. The molecule has 0 aromatic heterocycles. The zero-order chi connectivity index (χ0) is 31.2. The third kappa shape index (κ3) is 7.95. The van der Waals surface area contributed by atoms with E-state index in [1.807, 2.05) is 27.7 Å². The van der Waals surface area contributed by atoms with Gasteiger partial charge in [0, 0.05) is 23.2 Å². The average Bonchev–Trinajstić information content (AvgIpc) is 2.94. The maximum Gasteiger partial charge on any atom is 0.264 e. The van der Waals surface area contributed by atoms with Gasteiger partial charge in [-0.05, 0) is 70.5 Å². The lowest BCUT2D eigenvalue weighted by Crippen LogP contribution is -2.54. The molecular formula is C31H38ClN3O6S. The fraction of sp³-hybridized carbons (Fsp3) is 0.355. The normalized spacial score (nSPS) is 12.3. The topological polar surface area (TPSA) is 105 Å². The molecule has 226 valence electrons. The Hall–Kier alpha value is -3.76. The Bertz CT molecular complexity index is 1520. The number of carbonyl (C=O) groups excluding carboxylic acids is 2. The molecule has 3 rings (SSSR count). The maximum atomic E-state index is 14.1. The number of sulfonamides is 1. The molecule has 11 heteroatoms. The van der Waals surface area contributed by atoms with Crippen molar-refractivity contribution >= 4 is 39.1 Å². The van der Waals surface area contributed by atoms with E-state index in [4.69, 9.17) is 21.1 Å². The molecule has 3 aromatic carbocycles. The minimum atomic E-state index is -4.29. The van der Waals surface area contributed by atoms with E-state index < -0.39 is 34.1 Å². The van der Waals surface area contributed by atoms with Crippen LogP contribution in [0.4, 0.5) is 5.69 Å². The first-order chi connectivity index (χ1) is 19.7. The first-order valence-corrected chi connectivity index (χ1v) is 15.2. The summed E-state index contributed by atoms with van der Waals surface area (Å²) in [6.45, 7) is 8.43. The van der Waals surface area contributed by atoms with Gasteiger partial charge in [-0.3, -0.25) is 13.9 Å². The van der Waals surface area contributed by atoms with Gasteiger partial charge in [-0.25, -0.2) is 8.42 Å². The molecule has 0 saturated heterocycles. The summed E-state index contributed by atoms with van der Waals surface area (Å²) >= 11 is 6.42. The number of halogens is 1. The number of amides is 2. The third-order valence-electron chi connectivity index (χ3n) is 6.51. The van der Waals surface area contributed by atoms with Gasteiger partial charge in [0.25, 0.3) is 10.0 Å². The van der Waals surface area contributed by atoms with Gasteiger partial charge < -0.3 is 19.7 Å². The van der Waals surface area contributed by atoms with Crippen LogP contribution in [0.5, 0.6) is 11.5 Å². The number of ether oxygens (including phenoxy) is 2. The van der Waals surface area contributed by atoms with E-state index in [0.29, 0.717) is 16.3 Å². The van der Waals surface area contributed by atoms with E-state index in [0.717, 1.165) is 9.87 Å². The molecule has 0 bridgehead atoms. The summed E-state index contributed by atoms with van der Waals surface area (Å²) in [5.41, 5.74) is 1.27. The molecule has 0 radical (unpaired) electrons. The van der Waals surface area contributed by atoms with Crippen LogP contribution in [0.15, 0.2) is 71.6 Å². The zero-order valence-electron chi connectivity index (χ0n) is 25.0. The Morgan fingerprint density at radius 3 is 2.14 bits per heavy atom. The monoisotopic (exact) mass is 615 g/mol. The summed E-state index contributed by atoms with van der Waals surface area (Å²) in [6, 6.07) is 17.1. The van der Waals surface area contributed by atoms with Gasteiger partial charge in [0.05, 0.1) is 24.8 Å². The SMILES string of the molecule is COc1ccc(S(=O)(=O)N(CC(=O)N(Cc2ccccc2Cl)[C@@H](C)C(=O)NC(C)(C)C)c2ccc(C)cc2)cc1OC. The molecule has 2 amide bonds. The quantitative estimate of drug-likeness (QED) is 0.318. The van der Waals surface area contributed by atoms with E-state index in [1.54, 1.807) is 55.5 Å². The molecule has 0 fully saturated rings. The Kier molecular flexibility index (Phi) is 10.5. The fourth-order valence-corrected chi connectivity index (χ4v) is 5.84. The minimum absolute atomic E-state index is 0.00458. The summed E-state index contributed by atoms with van der Waals surface area (Å²) in [5, 5.41) is 3.33. The summed E-state index contributed by atoms with van der Waals surface area (Å²) in [4.78, 5) is 28.5. The second kappa shape index (κ2) is 13.5. The molecule has 9 nitrogen and oxygen atoms in total. The smallest absolute Gasteiger partial charge is 0.264 e. The molecule has 42 heavy (non-hydrogen) atoms. The van der Waals surface area contributed by atoms with Crippen LogP contribution in [0.2, 0.25) is 5.02 Å². The number of carbonyl (C=O) groups is 2. The second-order valence-electron chi connectivity index (χ2n) is 10.9. The molecule has 0 saturated carbocycles. The van der Waals surface area contributed by atoms with Gasteiger partial charge in [0.2, 0.25) is 11.8 Å². The van der Waals surface area contributed by atoms with Crippen molar-refractivity contribution in [1.29, 1.82) is 0 Å². The number of hydrogen-bond donors (Lipinski definition) is 1. The van der Waals surface area contributed by atoms with E-state index in [2.05, 4.69) is 5.32 Å². The Balaban J connectivity index is 2.09. The van der Waals surface area contributed by atoms with E-state index in [1.165, 1.54) is 37.3 Å². The lowest BCUT2D eigenvalue weighted by Gasteiger charge is -2.33. The molecule has 0 unspecified atom stereocenters. The minimum Gasteiger partial charge on any atom is -0.493 e. The number of aryl methyl sites for hydroxylation is 1. The van der Waals surface area contributed by atoms with Crippen molar-refractivity contribution in [2.45, 2.75) is 57.6 Å². The first-order valence-electron chi connectivity index (χ1n) is 13.3. The predicted molar refractivity (Wildman–Crippen MR) is 165 cm³/mol. The molecule has 0 heterocycles. The Labute approximate surface area is 253 Å². The summed E-state index contributed by atoms with van der Waals surface area (Å²) in [5.74, 6) is -0.385. The van der Waals surface area contributed by atoms with Crippen molar-refractivity contribution in [3.8, 4) is 11.5 Å².